The minimum atomic E-state index is -0.873. The minimum absolute atomic E-state index is 0.0856. The van der Waals surface area contributed by atoms with E-state index >= 15 is 0 Å². The van der Waals surface area contributed by atoms with Crippen LogP contribution in [-0.4, -0.2) is 37.0 Å². The number of hydrogen-bond acceptors (Lipinski definition) is 5. The normalized spacial score (nSPS) is 33.1. The molecule has 5 heteroatoms. The van der Waals surface area contributed by atoms with E-state index in [1.165, 1.54) is 0 Å². The fourth-order valence-corrected chi connectivity index (χ4v) is 2.96. The Morgan fingerprint density at radius 1 is 1.00 bits per heavy atom. The van der Waals surface area contributed by atoms with Gasteiger partial charge in [0.1, 0.15) is 11.5 Å². The van der Waals surface area contributed by atoms with Crippen LogP contribution < -0.4 is 0 Å². The summed E-state index contributed by atoms with van der Waals surface area (Å²) in [5, 5.41) is 10.1. The average molecular weight is 298 g/mol. The van der Waals surface area contributed by atoms with Gasteiger partial charge in [-0.3, -0.25) is 0 Å². The van der Waals surface area contributed by atoms with Crippen molar-refractivity contribution in [1.29, 1.82) is 0 Å². The van der Waals surface area contributed by atoms with Crippen LogP contribution in [0.1, 0.15) is 52.4 Å². The number of ether oxygens (including phenoxy) is 4. The highest BCUT2D eigenvalue weighted by atomic mass is 16.7. The summed E-state index contributed by atoms with van der Waals surface area (Å²) in [6, 6.07) is 0. The number of hydrogen-bond donors (Lipinski definition) is 1. The summed E-state index contributed by atoms with van der Waals surface area (Å²) >= 11 is 0. The predicted molar refractivity (Wildman–Crippen MR) is 76.2 cm³/mol. The number of aliphatic hydroxyl groups excluding tert-OH is 1. The molecule has 21 heavy (non-hydrogen) atoms. The highest BCUT2D eigenvalue weighted by Crippen LogP contribution is 2.34. The molecule has 0 aromatic heterocycles. The van der Waals surface area contributed by atoms with E-state index in [0.29, 0.717) is 26.1 Å². The van der Waals surface area contributed by atoms with Crippen LogP contribution in [0.15, 0.2) is 11.5 Å². The Morgan fingerprint density at radius 3 is 2.29 bits per heavy atom. The molecule has 0 aromatic rings. The Hall–Kier alpha value is -0.780. The molecule has 0 amide bonds. The molecule has 2 atom stereocenters. The molecule has 0 radical (unpaired) electrons. The Morgan fingerprint density at radius 2 is 1.62 bits per heavy atom. The smallest absolute Gasteiger partial charge is 0.234 e. The van der Waals surface area contributed by atoms with Crippen molar-refractivity contribution in [3.63, 3.8) is 0 Å². The van der Waals surface area contributed by atoms with Gasteiger partial charge in [0.15, 0.2) is 12.4 Å². The third-order valence-corrected chi connectivity index (χ3v) is 4.25. The van der Waals surface area contributed by atoms with Gasteiger partial charge in [0.25, 0.3) is 0 Å². The van der Waals surface area contributed by atoms with E-state index in [2.05, 4.69) is 13.8 Å². The van der Waals surface area contributed by atoms with Gasteiger partial charge in [-0.25, -0.2) is 0 Å². The van der Waals surface area contributed by atoms with Gasteiger partial charge in [0, 0.05) is 24.7 Å². The second-order valence-corrected chi connectivity index (χ2v) is 7.01. The van der Waals surface area contributed by atoms with Crippen LogP contribution >= 0.6 is 0 Å². The monoisotopic (exact) mass is 298 g/mol. The van der Waals surface area contributed by atoms with Gasteiger partial charge in [-0.05, 0) is 19.3 Å². The molecule has 0 aromatic carbocycles. The zero-order chi connectivity index (χ0) is 14.9. The number of rotatable bonds is 3. The zero-order valence-corrected chi connectivity index (χ0v) is 13.0. The van der Waals surface area contributed by atoms with Crippen molar-refractivity contribution in [3.05, 3.63) is 11.5 Å². The van der Waals surface area contributed by atoms with Crippen LogP contribution in [0.4, 0.5) is 0 Å². The molecular weight excluding hydrogens is 272 g/mol. The molecule has 0 spiro atoms. The lowest BCUT2D eigenvalue weighted by atomic mass is 9.95. The molecule has 1 saturated heterocycles. The Kier molecular flexibility index (Phi) is 4.43. The molecule has 2 aliphatic heterocycles. The maximum absolute atomic E-state index is 10.1. The summed E-state index contributed by atoms with van der Waals surface area (Å²) in [6.45, 7) is 5.67. The lowest BCUT2D eigenvalue weighted by Crippen LogP contribution is -2.40. The molecular formula is C16H26O5. The minimum Gasteiger partial charge on any atom is -0.485 e. The highest BCUT2D eigenvalue weighted by Gasteiger charge is 2.34. The molecule has 0 bridgehead atoms. The summed E-state index contributed by atoms with van der Waals surface area (Å²) < 4.78 is 23.0. The Balaban J connectivity index is 1.48. The molecule has 3 aliphatic rings. The van der Waals surface area contributed by atoms with E-state index in [-0.39, 0.29) is 17.8 Å². The van der Waals surface area contributed by atoms with Crippen molar-refractivity contribution in [2.24, 2.45) is 5.41 Å². The van der Waals surface area contributed by atoms with Gasteiger partial charge >= 0.3 is 0 Å². The first-order valence-corrected chi connectivity index (χ1v) is 8.00. The topological polar surface area (TPSA) is 57.2 Å². The van der Waals surface area contributed by atoms with Crippen LogP contribution in [0.3, 0.4) is 0 Å². The first-order valence-electron chi connectivity index (χ1n) is 8.00. The van der Waals surface area contributed by atoms with Crippen LogP contribution in [0.25, 0.3) is 0 Å². The van der Waals surface area contributed by atoms with Crippen molar-refractivity contribution in [1.82, 2.24) is 0 Å². The van der Waals surface area contributed by atoms with Gasteiger partial charge in [-0.15, -0.1) is 0 Å². The Bertz CT molecular complexity index is 393. The van der Waals surface area contributed by atoms with Gasteiger partial charge in [-0.2, -0.15) is 0 Å². The highest BCUT2D eigenvalue weighted by molar-refractivity contribution is 5.08. The van der Waals surface area contributed by atoms with Crippen LogP contribution in [0, 0.1) is 5.41 Å². The molecule has 1 unspecified atom stereocenters. The third kappa shape index (κ3) is 3.71. The van der Waals surface area contributed by atoms with Crippen molar-refractivity contribution in [2.75, 3.05) is 13.2 Å². The van der Waals surface area contributed by atoms with Gasteiger partial charge < -0.3 is 24.1 Å². The van der Waals surface area contributed by atoms with E-state index in [4.69, 9.17) is 18.9 Å². The molecule has 1 aliphatic carbocycles. The standard InChI is InChI=1S/C16H26O5/c1-16(2)9-18-14(19-10-16)8-7-13-15(17)21-12-6-4-3-5-11(12)20-13/h13-15,17H,3-10H2,1-2H3/t13-,15?/m0/s1. The van der Waals surface area contributed by atoms with Gasteiger partial charge in [0.2, 0.25) is 6.29 Å². The summed E-state index contributed by atoms with van der Waals surface area (Å²) in [5.74, 6) is 1.78. The largest absolute Gasteiger partial charge is 0.485 e. The van der Waals surface area contributed by atoms with E-state index in [0.717, 1.165) is 37.2 Å². The van der Waals surface area contributed by atoms with Gasteiger partial charge in [-0.1, -0.05) is 13.8 Å². The predicted octanol–water partition coefficient (Wildman–Crippen LogP) is 2.69. The van der Waals surface area contributed by atoms with Crippen molar-refractivity contribution in [2.45, 2.75) is 71.1 Å². The summed E-state index contributed by atoms with van der Waals surface area (Å²) in [7, 11) is 0. The van der Waals surface area contributed by atoms with Crippen LogP contribution in [0.2, 0.25) is 0 Å². The summed E-state index contributed by atoms with van der Waals surface area (Å²) in [4.78, 5) is 0. The van der Waals surface area contributed by atoms with E-state index in [9.17, 15) is 5.11 Å². The third-order valence-electron chi connectivity index (χ3n) is 4.25. The second kappa shape index (κ2) is 6.15. The van der Waals surface area contributed by atoms with E-state index < -0.39 is 6.29 Å². The lowest BCUT2D eigenvalue weighted by molar-refractivity contribution is -0.232. The number of aliphatic hydroxyl groups is 1. The Labute approximate surface area is 126 Å². The summed E-state index contributed by atoms with van der Waals surface area (Å²) in [5.41, 5.74) is 0.0856. The molecule has 5 nitrogen and oxygen atoms in total. The summed E-state index contributed by atoms with van der Waals surface area (Å²) in [6.07, 6.45) is 4.04. The second-order valence-electron chi connectivity index (χ2n) is 7.01. The van der Waals surface area contributed by atoms with Crippen LogP contribution in [-0.2, 0) is 18.9 Å². The maximum Gasteiger partial charge on any atom is 0.234 e. The SMILES string of the molecule is CC1(C)COC(CC[C@@H]2OC3=C(CCCC3)OC2O)OC1. The average Bonchev–Trinajstić information content (AvgIpc) is 2.46. The lowest BCUT2D eigenvalue weighted by Gasteiger charge is -2.37. The van der Waals surface area contributed by atoms with Crippen molar-refractivity contribution in [3.8, 4) is 0 Å². The van der Waals surface area contributed by atoms with Gasteiger partial charge in [0.05, 0.1) is 13.2 Å². The first kappa shape index (κ1) is 15.1. The van der Waals surface area contributed by atoms with Crippen molar-refractivity contribution < 1.29 is 24.1 Å². The van der Waals surface area contributed by atoms with Crippen molar-refractivity contribution >= 4 is 0 Å². The molecule has 0 saturated carbocycles. The van der Waals surface area contributed by atoms with E-state index in [1.54, 1.807) is 0 Å². The van der Waals surface area contributed by atoms with E-state index in [1.807, 2.05) is 0 Å². The molecule has 2 heterocycles. The molecule has 3 rings (SSSR count). The maximum atomic E-state index is 10.1. The molecule has 120 valence electrons. The van der Waals surface area contributed by atoms with Crippen LogP contribution in [0.5, 0.6) is 0 Å². The number of allylic oxidation sites excluding steroid dienone is 2. The first-order chi connectivity index (χ1) is 10.0. The molecule has 1 N–H and O–H groups in total. The fraction of sp³-hybridized carbons (Fsp3) is 0.875. The quantitative estimate of drug-likeness (QED) is 0.868. The molecule has 1 fully saturated rings. The fourth-order valence-electron chi connectivity index (χ4n) is 2.96. The zero-order valence-electron chi connectivity index (χ0n) is 13.0.